The van der Waals surface area contributed by atoms with Gasteiger partial charge in [-0.15, -0.1) is 0 Å². The molecular weight excluding hydrogens is 312 g/mol. The van der Waals surface area contributed by atoms with E-state index in [1.54, 1.807) is 31.4 Å². The summed E-state index contributed by atoms with van der Waals surface area (Å²) in [5.74, 6) is 1.09. The molecule has 0 N–H and O–H groups in total. The number of carbonyl (C=O) groups is 2. The molecule has 0 heterocycles. The molecule has 0 bridgehead atoms. The maximum Gasteiger partial charge on any atom is 0.193 e. The predicted octanol–water partition coefficient (Wildman–Crippen LogP) is 4.62. The van der Waals surface area contributed by atoms with E-state index in [1.807, 2.05) is 24.3 Å². The van der Waals surface area contributed by atoms with Crippen LogP contribution in [0.4, 0.5) is 0 Å². The van der Waals surface area contributed by atoms with Crippen LogP contribution in [0, 0.1) is 5.41 Å². The number of ether oxygens (including phenoxy) is 1. The molecular formula is C22H24O3. The van der Waals surface area contributed by atoms with Gasteiger partial charge in [0.05, 0.1) is 7.11 Å². The lowest BCUT2D eigenvalue weighted by molar-refractivity contribution is -0.123. The van der Waals surface area contributed by atoms with Crippen LogP contribution in [0.25, 0.3) is 0 Å². The van der Waals surface area contributed by atoms with Crippen LogP contribution in [-0.2, 0) is 11.2 Å². The fraction of sp³-hybridized carbons (Fsp3) is 0.364. The Hall–Kier alpha value is -2.42. The molecule has 1 fully saturated rings. The molecule has 3 nitrogen and oxygen atoms in total. The molecule has 0 radical (unpaired) electrons. The molecule has 0 aromatic heterocycles. The number of hydrogen-bond acceptors (Lipinski definition) is 3. The number of methoxy groups -OCH3 is 1. The highest BCUT2D eigenvalue weighted by Gasteiger charge is 2.32. The monoisotopic (exact) mass is 336 g/mol. The topological polar surface area (TPSA) is 43.4 Å². The first kappa shape index (κ1) is 17.4. The molecule has 0 unspecified atom stereocenters. The van der Waals surface area contributed by atoms with Crippen LogP contribution >= 0.6 is 0 Å². The van der Waals surface area contributed by atoms with Crippen molar-refractivity contribution in [3.05, 3.63) is 65.2 Å². The maximum absolute atomic E-state index is 13.0. The van der Waals surface area contributed by atoms with Crippen molar-refractivity contribution in [1.82, 2.24) is 0 Å². The molecule has 0 amide bonds. The highest BCUT2D eigenvalue weighted by Crippen LogP contribution is 2.38. The second-order valence-electron chi connectivity index (χ2n) is 7.27. The van der Waals surface area contributed by atoms with E-state index in [2.05, 4.69) is 6.92 Å². The number of hydrogen-bond donors (Lipinski definition) is 0. The first-order valence-corrected chi connectivity index (χ1v) is 8.79. The third-order valence-corrected chi connectivity index (χ3v) is 5.09. The van der Waals surface area contributed by atoms with Crippen molar-refractivity contribution in [3.8, 4) is 5.75 Å². The van der Waals surface area contributed by atoms with Gasteiger partial charge in [-0.2, -0.15) is 0 Å². The van der Waals surface area contributed by atoms with Crippen LogP contribution in [0.15, 0.2) is 48.5 Å². The Morgan fingerprint density at radius 2 is 1.84 bits per heavy atom. The second-order valence-corrected chi connectivity index (χ2v) is 7.27. The summed E-state index contributed by atoms with van der Waals surface area (Å²) in [6.07, 6.45) is 4.05. The number of rotatable bonds is 5. The number of carbonyl (C=O) groups excluding carboxylic acids is 2. The minimum Gasteiger partial charge on any atom is -0.497 e. The molecule has 1 aliphatic carbocycles. The van der Waals surface area contributed by atoms with Gasteiger partial charge in [-0.3, -0.25) is 9.59 Å². The summed E-state index contributed by atoms with van der Waals surface area (Å²) in [6.45, 7) is 2.17. The third kappa shape index (κ3) is 3.98. The second kappa shape index (κ2) is 7.22. The van der Waals surface area contributed by atoms with E-state index in [0.717, 1.165) is 36.1 Å². The predicted molar refractivity (Wildman–Crippen MR) is 98.2 cm³/mol. The van der Waals surface area contributed by atoms with Crippen LogP contribution in [0.1, 0.15) is 54.1 Å². The zero-order chi connectivity index (χ0) is 17.9. The molecule has 1 saturated carbocycles. The highest BCUT2D eigenvalue weighted by molar-refractivity contribution is 6.10. The average molecular weight is 336 g/mol. The first-order chi connectivity index (χ1) is 12.0. The Morgan fingerprint density at radius 3 is 2.52 bits per heavy atom. The van der Waals surface area contributed by atoms with E-state index >= 15 is 0 Å². The molecule has 3 rings (SSSR count). The Balaban J connectivity index is 1.87. The minimum atomic E-state index is -0.0500. The maximum atomic E-state index is 13.0. The van der Waals surface area contributed by atoms with Crippen molar-refractivity contribution in [1.29, 1.82) is 0 Å². The largest absolute Gasteiger partial charge is 0.497 e. The molecule has 1 atom stereocenters. The molecule has 25 heavy (non-hydrogen) atoms. The quantitative estimate of drug-likeness (QED) is 0.748. The lowest BCUT2D eigenvalue weighted by atomic mass is 9.71. The molecule has 0 spiro atoms. The van der Waals surface area contributed by atoms with E-state index in [4.69, 9.17) is 4.74 Å². The summed E-state index contributed by atoms with van der Waals surface area (Å²) in [7, 11) is 1.61. The third-order valence-electron chi connectivity index (χ3n) is 5.09. The number of Topliss-reactive ketones (excluding diaryl/α,β-unsaturated/α-hetero) is 1. The molecule has 0 saturated heterocycles. The van der Waals surface area contributed by atoms with Crippen LogP contribution in [-0.4, -0.2) is 18.7 Å². The fourth-order valence-electron chi connectivity index (χ4n) is 3.77. The van der Waals surface area contributed by atoms with Crippen molar-refractivity contribution < 1.29 is 14.3 Å². The van der Waals surface area contributed by atoms with Crippen LogP contribution < -0.4 is 4.74 Å². The van der Waals surface area contributed by atoms with Gasteiger partial charge in [0, 0.05) is 24.0 Å². The van der Waals surface area contributed by atoms with E-state index in [1.165, 1.54) is 0 Å². The van der Waals surface area contributed by atoms with E-state index in [9.17, 15) is 9.59 Å². The molecule has 130 valence electrons. The number of ketones is 2. The van der Waals surface area contributed by atoms with Crippen LogP contribution in [0.5, 0.6) is 5.75 Å². The van der Waals surface area contributed by atoms with Gasteiger partial charge in [-0.1, -0.05) is 31.2 Å². The molecule has 0 aliphatic heterocycles. The summed E-state index contributed by atoms with van der Waals surface area (Å²) < 4.78 is 5.16. The van der Waals surface area contributed by atoms with Gasteiger partial charge in [0.1, 0.15) is 11.5 Å². The van der Waals surface area contributed by atoms with Gasteiger partial charge in [0.2, 0.25) is 0 Å². The highest BCUT2D eigenvalue weighted by atomic mass is 16.5. The number of benzene rings is 2. The molecule has 3 heteroatoms. The van der Waals surface area contributed by atoms with Crippen LogP contribution in [0.2, 0.25) is 0 Å². The standard InChI is InChI=1S/C22H24O3/c1-22(13-5-7-18(23)15-22)14-17-6-3-4-8-20(17)21(24)16-9-11-19(25-2)12-10-16/h3-4,6,8-12H,5,7,13-15H2,1-2H3/t22-/m0/s1. The van der Waals surface area contributed by atoms with Crippen molar-refractivity contribution in [2.24, 2.45) is 5.41 Å². The van der Waals surface area contributed by atoms with Crippen molar-refractivity contribution in [3.63, 3.8) is 0 Å². The molecule has 2 aromatic rings. The first-order valence-electron chi connectivity index (χ1n) is 8.79. The SMILES string of the molecule is COc1ccc(C(=O)c2ccccc2C[C@]2(C)CCCC(=O)C2)cc1. The smallest absolute Gasteiger partial charge is 0.193 e. The van der Waals surface area contributed by atoms with Crippen molar-refractivity contribution in [2.75, 3.05) is 7.11 Å². The van der Waals surface area contributed by atoms with Gasteiger partial charge in [0.25, 0.3) is 0 Å². The normalized spacial score (nSPS) is 20.3. The fourth-order valence-corrected chi connectivity index (χ4v) is 3.77. The van der Waals surface area contributed by atoms with E-state index in [-0.39, 0.29) is 11.2 Å². The zero-order valence-electron chi connectivity index (χ0n) is 14.9. The van der Waals surface area contributed by atoms with Crippen LogP contribution in [0.3, 0.4) is 0 Å². The summed E-state index contributed by atoms with van der Waals surface area (Å²) in [4.78, 5) is 24.9. The van der Waals surface area contributed by atoms with E-state index in [0.29, 0.717) is 24.2 Å². The van der Waals surface area contributed by atoms with Gasteiger partial charge in [-0.25, -0.2) is 0 Å². The molecule has 1 aliphatic rings. The summed E-state index contributed by atoms with van der Waals surface area (Å²) in [5.41, 5.74) is 2.36. The Kier molecular flexibility index (Phi) is 5.03. The molecule has 2 aromatic carbocycles. The Labute approximate surface area is 149 Å². The Bertz CT molecular complexity index is 776. The average Bonchev–Trinajstić information content (AvgIpc) is 2.61. The Morgan fingerprint density at radius 1 is 1.12 bits per heavy atom. The van der Waals surface area contributed by atoms with Gasteiger partial charge in [0.15, 0.2) is 5.78 Å². The summed E-state index contributed by atoms with van der Waals surface area (Å²) in [6, 6.07) is 15.0. The van der Waals surface area contributed by atoms with Gasteiger partial charge >= 0.3 is 0 Å². The van der Waals surface area contributed by atoms with Gasteiger partial charge < -0.3 is 4.74 Å². The lowest BCUT2D eigenvalue weighted by Gasteiger charge is -2.33. The van der Waals surface area contributed by atoms with Gasteiger partial charge in [-0.05, 0) is 54.5 Å². The summed E-state index contributed by atoms with van der Waals surface area (Å²) in [5, 5.41) is 0. The van der Waals surface area contributed by atoms with E-state index < -0.39 is 0 Å². The summed E-state index contributed by atoms with van der Waals surface area (Å²) >= 11 is 0. The minimum absolute atomic E-state index is 0.0176. The lowest BCUT2D eigenvalue weighted by Crippen LogP contribution is -2.28. The zero-order valence-corrected chi connectivity index (χ0v) is 14.9. The van der Waals surface area contributed by atoms with Crippen molar-refractivity contribution >= 4 is 11.6 Å². The van der Waals surface area contributed by atoms with Crippen molar-refractivity contribution in [2.45, 2.75) is 39.0 Å².